The Balaban J connectivity index is 1.50. The summed E-state index contributed by atoms with van der Waals surface area (Å²) < 4.78 is 1.53. The van der Waals surface area contributed by atoms with E-state index in [4.69, 9.17) is 11.6 Å². The van der Waals surface area contributed by atoms with E-state index in [1.54, 1.807) is 29.8 Å². The normalized spacial score (nSPS) is 13.6. The number of aromatic nitrogens is 3. The monoisotopic (exact) mass is 388 g/mol. The van der Waals surface area contributed by atoms with Crippen LogP contribution in [0.4, 0.5) is 5.82 Å². The Kier molecular flexibility index (Phi) is 4.74. The van der Waals surface area contributed by atoms with Crippen LogP contribution in [0, 0.1) is 0 Å². The maximum absolute atomic E-state index is 12.8. The molecule has 1 N–H and O–H groups in total. The van der Waals surface area contributed by atoms with Crippen molar-refractivity contribution in [2.24, 2.45) is 0 Å². The lowest BCUT2D eigenvalue weighted by Gasteiger charge is -2.10. The van der Waals surface area contributed by atoms with Crippen LogP contribution >= 0.6 is 22.9 Å². The van der Waals surface area contributed by atoms with E-state index in [-0.39, 0.29) is 24.4 Å². The molecule has 0 saturated heterocycles. The smallest absolute Gasteiger partial charge is 0.262 e. The Morgan fingerprint density at radius 2 is 2.12 bits per heavy atom. The molecule has 1 amide bonds. The summed E-state index contributed by atoms with van der Waals surface area (Å²) in [5, 5.41) is 3.95. The highest BCUT2D eigenvalue weighted by Gasteiger charge is 2.20. The van der Waals surface area contributed by atoms with Crippen molar-refractivity contribution < 1.29 is 4.79 Å². The number of hydrogen-bond acceptors (Lipinski definition) is 5. The Hall–Kier alpha value is -2.25. The van der Waals surface area contributed by atoms with Gasteiger partial charge in [0.2, 0.25) is 5.91 Å². The van der Waals surface area contributed by atoms with Crippen molar-refractivity contribution in [2.45, 2.75) is 38.6 Å². The van der Waals surface area contributed by atoms with Gasteiger partial charge in [0.05, 0.1) is 16.7 Å². The number of carbonyl (C=O) groups is 1. The predicted molar refractivity (Wildman–Crippen MR) is 103 cm³/mol. The third kappa shape index (κ3) is 3.37. The zero-order chi connectivity index (χ0) is 18.1. The summed E-state index contributed by atoms with van der Waals surface area (Å²) in [4.78, 5) is 35.5. The molecule has 3 aromatic rings. The zero-order valence-electron chi connectivity index (χ0n) is 14.0. The number of halogens is 1. The molecule has 3 heterocycles. The van der Waals surface area contributed by atoms with Gasteiger partial charge in [0.25, 0.3) is 5.56 Å². The number of rotatable bonds is 4. The summed E-state index contributed by atoms with van der Waals surface area (Å²) in [6, 6.07) is 3.30. The fraction of sp³-hybridized carbons (Fsp3) is 0.333. The molecule has 0 aromatic carbocycles. The Labute approximate surface area is 158 Å². The highest BCUT2D eigenvalue weighted by Crippen LogP contribution is 2.33. The molecule has 0 radical (unpaired) electrons. The average molecular weight is 389 g/mol. The van der Waals surface area contributed by atoms with Gasteiger partial charge in [-0.2, -0.15) is 0 Å². The fourth-order valence-electron chi connectivity index (χ4n) is 3.22. The molecule has 4 rings (SSSR count). The molecule has 0 atom stereocenters. The molecule has 0 spiro atoms. The largest absolute Gasteiger partial charge is 0.311 e. The number of carbonyl (C=O) groups excluding carboxylic acids is 1. The lowest BCUT2D eigenvalue weighted by molar-refractivity contribution is -0.116. The highest BCUT2D eigenvalue weighted by atomic mass is 35.5. The van der Waals surface area contributed by atoms with Gasteiger partial charge in [0, 0.05) is 24.0 Å². The number of aryl methyl sites for hydroxylation is 3. The van der Waals surface area contributed by atoms with Crippen LogP contribution in [0.2, 0.25) is 5.02 Å². The molecule has 1 aliphatic carbocycles. The molecule has 0 unspecified atom stereocenters. The number of nitrogens with one attached hydrogen (secondary N) is 1. The lowest BCUT2D eigenvalue weighted by Crippen LogP contribution is -2.24. The molecule has 1 aliphatic rings. The molecule has 26 heavy (non-hydrogen) atoms. The second-order valence-corrected chi connectivity index (χ2v) is 7.81. The van der Waals surface area contributed by atoms with Crippen molar-refractivity contribution >= 4 is 44.9 Å². The van der Waals surface area contributed by atoms with Crippen LogP contribution in [0.25, 0.3) is 10.2 Å². The number of fused-ring (bicyclic) bond motifs is 3. The van der Waals surface area contributed by atoms with Crippen molar-refractivity contribution in [1.82, 2.24) is 14.5 Å². The highest BCUT2D eigenvalue weighted by molar-refractivity contribution is 7.18. The van der Waals surface area contributed by atoms with E-state index in [9.17, 15) is 9.59 Å². The Bertz CT molecular complexity index is 1030. The lowest BCUT2D eigenvalue weighted by atomic mass is 9.97. The number of thiophene rings is 1. The first-order valence-corrected chi connectivity index (χ1v) is 9.72. The number of hydrogen-bond donors (Lipinski definition) is 1. The van der Waals surface area contributed by atoms with Gasteiger partial charge in [-0.05, 0) is 43.4 Å². The summed E-state index contributed by atoms with van der Waals surface area (Å²) in [5.41, 5.74) is 1.12. The van der Waals surface area contributed by atoms with Gasteiger partial charge in [0.1, 0.15) is 10.6 Å². The van der Waals surface area contributed by atoms with Crippen LogP contribution in [0.5, 0.6) is 0 Å². The number of amides is 1. The molecule has 0 aliphatic heterocycles. The summed E-state index contributed by atoms with van der Waals surface area (Å²) in [6.07, 6.45) is 7.45. The molecular formula is C18H17ClN4O2S. The quantitative estimate of drug-likeness (QED) is 0.743. The van der Waals surface area contributed by atoms with E-state index in [1.807, 2.05) is 0 Å². The summed E-state index contributed by atoms with van der Waals surface area (Å²) >= 11 is 7.40. The molecule has 3 aromatic heterocycles. The van der Waals surface area contributed by atoms with Crippen LogP contribution < -0.4 is 10.9 Å². The maximum atomic E-state index is 12.8. The van der Waals surface area contributed by atoms with Crippen molar-refractivity contribution in [3.63, 3.8) is 0 Å². The van der Waals surface area contributed by atoms with E-state index in [2.05, 4.69) is 15.3 Å². The minimum Gasteiger partial charge on any atom is -0.311 e. The van der Waals surface area contributed by atoms with E-state index >= 15 is 0 Å². The van der Waals surface area contributed by atoms with Gasteiger partial charge >= 0.3 is 0 Å². The first-order chi connectivity index (χ1) is 12.6. The van der Waals surface area contributed by atoms with Crippen LogP contribution in [-0.4, -0.2) is 20.4 Å². The second-order valence-electron chi connectivity index (χ2n) is 6.29. The van der Waals surface area contributed by atoms with Crippen molar-refractivity contribution in [3.8, 4) is 0 Å². The van der Waals surface area contributed by atoms with Crippen LogP contribution in [0.1, 0.15) is 29.7 Å². The minimum atomic E-state index is -0.209. The third-order valence-corrected chi connectivity index (χ3v) is 5.94. The predicted octanol–water partition coefficient (Wildman–Crippen LogP) is 3.41. The van der Waals surface area contributed by atoms with E-state index in [0.717, 1.165) is 35.0 Å². The van der Waals surface area contributed by atoms with Gasteiger partial charge in [-0.15, -0.1) is 11.3 Å². The maximum Gasteiger partial charge on any atom is 0.262 e. The standard InChI is InChI=1S/C18H17ClN4O2S/c19-11-5-6-14(20-9-11)22-15(24)7-8-23-10-21-17-16(18(23)25)12-3-1-2-4-13(12)26-17/h5-6,9-10H,1-4,7-8H2,(H,20,22,24). The van der Waals surface area contributed by atoms with Crippen molar-refractivity contribution in [1.29, 1.82) is 0 Å². The molecule has 6 nitrogen and oxygen atoms in total. The number of nitrogens with zero attached hydrogens (tertiary/aromatic N) is 3. The minimum absolute atomic E-state index is 0.0492. The number of pyridine rings is 1. The topological polar surface area (TPSA) is 76.9 Å². The fourth-order valence-corrected chi connectivity index (χ4v) is 4.55. The average Bonchev–Trinajstić information content (AvgIpc) is 3.02. The van der Waals surface area contributed by atoms with Gasteiger partial charge in [-0.1, -0.05) is 11.6 Å². The first-order valence-electron chi connectivity index (χ1n) is 8.53. The van der Waals surface area contributed by atoms with Crippen LogP contribution in [0.3, 0.4) is 0 Å². The van der Waals surface area contributed by atoms with E-state index in [1.165, 1.54) is 22.1 Å². The molecule has 0 saturated carbocycles. The van der Waals surface area contributed by atoms with Gasteiger partial charge in [-0.25, -0.2) is 9.97 Å². The molecule has 134 valence electrons. The number of anilines is 1. The van der Waals surface area contributed by atoms with Crippen molar-refractivity contribution in [2.75, 3.05) is 5.32 Å². The molecular weight excluding hydrogens is 372 g/mol. The van der Waals surface area contributed by atoms with Gasteiger partial charge in [-0.3, -0.25) is 14.2 Å². The Morgan fingerprint density at radius 1 is 1.27 bits per heavy atom. The second kappa shape index (κ2) is 7.17. The summed E-state index contributed by atoms with van der Waals surface area (Å²) in [5.74, 6) is 0.228. The zero-order valence-corrected chi connectivity index (χ0v) is 15.6. The summed E-state index contributed by atoms with van der Waals surface area (Å²) in [7, 11) is 0. The van der Waals surface area contributed by atoms with E-state index in [0.29, 0.717) is 10.8 Å². The molecule has 0 fully saturated rings. The van der Waals surface area contributed by atoms with Crippen molar-refractivity contribution in [3.05, 3.63) is 50.5 Å². The SMILES string of the molecule is O=C(CCn1cnc2sc3c(c2c1=O)CCCC3)Nc1ccc(Cl)cn1. The van der Waals surface area contributed by atoms with Crippen LogP contribution in [-0.2, 0) is 24.2 Å². The molecule has 8 heteroatoms. The third-order valence-electron chi connectivity index (χ3n) is 4.52. The molecule has 0 bridgehead atoms. The van der Waals surface area contributed by atoms with Crippen LogP contribution in [0.15, 0.2) is 29.5 Å². The summed E-state index contributed by atoms with van der Waals surface area (Å²) in [6.45, 7) is 0.284. The van der Waals surface area contributed by atoms with Gasteiger partial charge in [0.15, 0.2) is 0 Å². The van der Waals surface area contributed by atoms with E-state index < -0.39 is 0 Å². The Morgan fingerprint density at radius 3 is 2.92 bits per heavy atom. The first kappa shape index (κ1) is 17.2. The van der Waals surface area contributed by atoms with Gasteiger partial charge < -0.3 is 5.32 Å².